The molecule has 1 amide bonds. The molecule has 0 bridgehead atoms. The Morgan fingerprint density at radius 2 is 1.78 bits per heavy atom. The van der Waals surface area contributed by atoms with Crippen LogP contribution < -0.4 is 5.32 Å². The van der Waals surface area contributed by atoms with E-state index in [0.29, 0.717) is 12.6 Å². The van der Waals surface area contributed by atoms with Crippen LogP contribution in [0.25, 0.3) is 0 Å². The number of hydrogen-bond acceptors (Lipinski definition) is 3. The highest BCUT2D eigenvalue weighted by Crippen LogP contribution is 2.05. The number of nitrogens with zero attached hydrogens (tertiary/aromatic N) is 1. The van der Waals surface area contributed by atoms with E-state index >= 15 is 0 Å². The maximum Gasteiger partial charge on any atom is 0.234 e. The molecule has 0 aromatic heterocycles. The number of nitrogens with one attached hydrogen (secondary N) is 1. The van der Waals surface area contributed by atoms with Gasteiger partial charge in [0.25, 0.3) is 0 Å². The fraction of sp³-hybridized carbons (Fsp3) is 0.857. The van der Waals surface area contributed by atoms with Gasteiger partial charge in [0.05, 0.1) is 12.6 Å². The van der Waals surface area contributed by atoms with Crippen molar-refractivity contribution < 1.29 is 9.59 Å². The van der Waals surface area contributed by atoms with Crippen molar-refractivity contribution in [1.29, 1.82) is 0 Å². The van der Waals surface area contributed by atoms with E-state index in [1.54, 1.807) is 0 Å². The predicted molar refractivity (Wildman–Crippen MR) is 74.4 cm³/mol. The fourth-order valence-electron chi connectivity index (χ4n) is 1.98. The van der Waals surface area contributed by atoms with Gasteiger partial charge in [-0.2, -0.15) is 0 Å². The van der Waals surface area contributed by atoms with Crippen LogP contribution in [0.1, 0.15) is 47.5 Å². The topological polar surface area (TPSA) is 49.4 Å². The highest BCUT2D eigenvalue weighted by molar-refractivity contribution is 5.88. The van der Waals surface area contributed by atoms with E-state index in [1.165, 1.54) is 6.92 Å². The minimum atomic E-state index is -0.368. The summed E-state index contributed by atoms with van der Waals surface area (Å²) in [4.78, 5) is 25.3. The maximum absolute atomic E-state index is 11.9. The zero-order chi connectivity index (χ0) is 14.3. The summed E-state index contributed by atoms with van der Waals surface area (Å²) in [5.41, 5.74) is 0. The van der Waals surface area contributed by atoms with E-state index < -0.39 is 0 Å². The quantitative estimate of drug-likeness (QED) is 0.721. The zero-order valence-corrected chi connectivity index (χ0v) is 12.6. The van der Waals surface area contributed by atoms with Gasteiger partial charge in [0.15, 0.2) is 5.78 Å². The molecule has 4 nitrogen and oxygen atoms in total. The third kappa shape index (κ3) is 6.15. The summed E-state index contributed by atoms with van der Waals surface area (Å²) in [7, 11) is 1.94. The summed E-state index contributed by atoms with van der Waals surface area (Å²) in [5.74, 6) is 0.0711. The van der Waals surface area contributed by atoms with Crippen LogP contribution in [-0.4, -0.2) is 42.3 Å². The van der Waals surface area contributed by atoms with Gasteiger partial charge in [0.2, 0.25) is 5.91 Å². The smallest absolute Gasteiger partial charge is 0.234 e. The van der Waals surface area contributed by atoms with E-state index in [4.69, 9.17) is 0 Å². The van der Waals surface area contributed by atoms with Crippen LogP contribution in [0.4, 0.5) is 0 Å². The SMILES string of the molecule is CCCC(C)N(C)CC(=O)NC(C(C)=O)C(C)C. The second-order valence-corrected chi connectivity index (χ2v) is 5.45. The average molecular weight is 256 g/mol. The third-order valence-electron chi connectivity index (χ3n) is 3.27. The van der Waals surface area contributed by atoms with E-state index in [2.05, 4.69) is 19.2 Å². The Kier molecular flexibility index (Phi) is 7.83. The fourth-order valence-corrected chi connectivity index (χ4v) is 1.98. The van der Waals surface area contributed by atoms with Gasteiger partial charge in [0, 0.05) is 6.04 Å². The number of rotatable bonds is 8. The number of Topliss-reactive ketones (excluding diaryl/α,β-unsaturated/α-hetero) is 1. The number of carbonyl (C=O) groups is 2. The highest BCUT2D eigenvalue weighted by atomic mass is 16.2. The van der Waals surface area contributed by atoms with Crippen LogP contribution in [0.5, 0.6) is 0 Å². The Labute approximate surface area is 111 Å². The Morgan fingerprint density at radius 1 is 1.22 bits per heavy atom. The van der Waals surface area contributed by atoms with Crippen LogP contribution in [0, 0.1) is 5.92 Å². The van der Waals surface area contributed by atoms with Crippen molar-refractivity contribution in [2.45, 2.75) is 59.5 Å². The van der Waals surface area contributed by atoms with Crippen molar-refractivity contribution in [3.8, 4) is 0 Å². The molecule has 2 atom stereocenters. The van der Waals surface area contributed by atoms with Crippen LogP contribution in [-0.2, 0) is 9.59 Å². The van der Waals surface area contributed by atoms with Gasteiger partial charge in [-0.05, 0) is 33.2 Å². The van der Waals surface area contributed by atoms with E-state index in [9.17, 15) is 9.59 Å². The molecule has 2 unspecified atom stereocenters. The first-order chi connectivity index (χ1) is 8.29. The molecule has 0 aliphatic heterocycles. The van der Waals surface area contributed by atoms with E-state index in [-0.39, 0.29) is 23.7 Å². The minimum Gasteiger partial charge on any atom is -0.345 e. The predicted octanol–water partition coefficient (Wildman–Crippen LogP) is 1.84. The molecule has 0 aliphatic carbocycles. The normalized spacial score (nSPS) is 14.7. The number of likely N-dealkylation sites (N-methyl/N-ethyl adjacent to an activating group) is 1. The lowest BCUT2D eigenvalue weighted by Crippen LogP contribution is -2.48. The molecule has 0 radical (unpaired) electrons. The first-order valence-corrected chi connectivity index (χ1v) is 6.79. The molecule has 0 spiro atoms. The largest absolute Gasteiger partial charge is 0.345 e. The van der Waals surface area contributed by atoms with Crippen LogP contribution >= 0.6 is 0 Å². The summed E-state index contributed by atoms with van der Waals surface area (Å²) in [6.07, 6.45) is 2.18. The molecule has 0 fully saturated rings. The Bertz CT molecular complexity index is 277. The van der Waals surface area contributed by atoms with Gasteiger partial charge in [-0.15, -0.1) is 0 Å². The molecular weight excluding hydrogens is 228 g/mol. The van der Waals surface area contributed by atoms with Crippen LogP contribution in [0.2, 0.25) is 0 Å². The molecule has 0 heterocycles. The number of amides is 1. The van der Waals surface area contributed by atoms with Crippen LogP contribution in [0.3, 0.4) is 0 Å². The van der Waals surface area contributed by atoms with Crippen molar-refractivity contribution in [3.05, 3.63) is 0 Å². The highest BCUT2D eigenvalue weighted by Gasteiger charge is 2.21. The Morgan fingerprint density at radius 3 is 2.17 bits per heavy atom. The molecular formula is C14H28N2O2. The monoisotopic (exact) mass is 256 g/mol. The molecule has 18 heavy (non-hydrogen) atoms. The number of ketones is 1. The molecule has 0 saturated heterocycles. The second-order valence-electron chi connectivity index (χ2n) is 5.45. The summed E-state index contributed by atoms with van der Waals surface area (Å²) in [6.45, 7) is 9.99. The molecule has 106 valence electrons. The average Bonchev–Trinajstić information content (AvgIpc) is 2.25. The zero-order valence-electron chi connectivity index (χ0n) is 12.6. The van der Waals surface area contributed by atoms with Gasteiger partial charge >= 0.3 is 0 Å². The second kappa shape index (κ2) is 8.25. The lowest BCUT2D eigenvalue weighted by Gasteiger charge is -2.25. The van der Waals surface area contributed by atoms with Gasteiger partial charge in [-0.1, -0.05) is 27.2 Å². The lowest BCUT2D eigenvalue weighted by molar-refractivity contribution is -0.128. The molecule has 0 aromatic rings. The maximum atomic E-state index is 11.9. The molecule has 0 rings (SSSR count). The summed E-state index contributed by atoms with van der Waals surface area (Å²) >= 11 is 0. The van der Waals surface area contributed by atoms with Crippen molar-refractivity contribution >= 4 is 11.7 Å². The van der Waals surface area contributed by atoms with Gasteiger partial charge in [-0.3, -0.25) is 14.5 Å². The van der Waals surface area contributed by atoms with Gasteiger partial charge in [0.1, 0.15) is 0 Å². The Hall–Kier alpha value is -0.900. The van der Waals surface area contributed by atoms with E-state index in [1.807, 2.05) is 25.8 Å². The van der Waals surface area contributed by atoms with Gasteiger partial charge < -0.3 is 5.32 Å². The standard InChI is InChI=1S/C14H28N2O2/c1-7-8-11(4)16(6)9-13(18)15-14(10(2)3)12(5)17/h10-11,14H,7-9H2,1-6H3,(H,15,18). The lowest BCUT2D eigenvalue weighted by atomic mass is 10.0. The van der Waals surface area contributed by atoms with Gasteiger partial charge in [-0.25, -0.2) is 0 Å². The summed E-state index contributed by atoms with van der Waals surface area (Å²) in [6, 6.07) is 0.0166. The van der Waals surface area contributed by atoms with Crippen molar-refractivity contribution in [2.75, 3.05) is 13.6 Å². The van der Waals surface area contributed by atoms with Crippen molar-refractivity contribution in [3.63, 3.8) is 0 Å². The first kappa shape index (κ1) is 17.1. The molecule has 0 aromatic carbocycles. The number of hydrogen-bond donors (Lipinski definition) is 1. The van der Waals surface area contributed by atoms with E-state index in [0.717, 1.165) is 12.8 Å². The molecule has 4 heteroatoms. The van der Waals surface area contributed by atoms with Crippen LogP contribution in [0.15, 0.2) is 0 Å². The molecule has 0 saturated carbocycles. The molecule has 0 aliphatic rings. The number of carbonyl (C=O) groups excluding carboxylic acids is 2. The first-order valence-electron chi connectivity index (χ1n) is 6.79. The van der Waals surface area contributed by atoms with Crippen molar-refractivity contribution in [1.82, 2.24) is 10.2 Å². The summed E-state index contributed by atoms with van der Waals surface area (Å²) in [5, 5.41) is 2.81. The summed E-state index contributed by atoms with van der Waals surface area (Å²) < 4.78 is 0. The third-order valence-corrected chi connectivity index (χ3v) is 3.27. The van der Waals surface area contributed by atoms with Crippen molar-refractivity contribution in [2.24, 2.45) is 5.92 Å². The molecule has 1 N–H and O–H groups in total. The minimum absolute atomic E-state index is 0.0163. The Balaban J connectivity index is 4.28.